The lowest BCUT2D eigenvalue weighted by Gasteiger charge is -2.12. The van der Waals surface area contributed by atoms with E-state index in [2.05, 4.69) is 27.9 Å². The fourth-order valence-electron chi connectivity index (χ4n) is 1.61. The van der Waals surface area contributed by atoms with Crippen molar-refractivity contribution >= 4 is 24.5 Å². The van der Waals surface area contributed by atoms with Crippen LogP contribution in [0, 0.1) is 0 Å². The van der Waals surface area contributed by atoms with Crippen molar-refractivity contribution in [3.8, 4) is 0 Å². The van der Waals surface area contributed by atoms with Gasteiger partial charge >= 0.3 is 0 Å². The van der Waals surface area contributed by atoms with Crippen molar-refractivity contribution in [2.45, 2.75) is 11.6 Å². The quantitative estimate of drug-likeness (QED) is 0.665. The summed E-state index contributed by atoms with van der Waals surface area (Å²) < 4.78 is 0. The highest BCUT2D eigenvalue weighted by Crippen LogP contribution is 2.13. The van der Waals surface area contributed by atoms with Crippen molar-refractivity contribution in [3.05, 3.63) is 47.7 Å². The molecule has 104 valence electrons. The molecule has 0 atom stereocenters. The third-order valence-corrected chi connectivity index (χ3v) is 3.04. The molecule has 1 N–H and O–H groups in total. The number of hydrogen-bond donors (Lipinski definition) is 2. The Bertz CT molecular complexity index is 601. The topological polar surface area (TPSA) is 58.1 Å². The highest BCUT2D eigenvalue weighted by molar-refractivity contribution is 7.80. The van der Waals surface area contributed by atoms with Crippen LogP contribution in [0.1, 0.15) is 15.9 Å². The maximum Gasteiger partial charge on any atom is 0.255 e. The minimum atomic E-state index is -0.232. The van der Waals surface area contributed by atoms with Crippen LogP contribution < -0.4 is 10.2 Å². The molecular weight excluding hydrogens is 272 g/mol. The second kappa shape index (κ2) is 6.38. The van der Waals surface area contributed by atoms with Gasteiger partial charge in [-0.2, -0.15) is 0 Å². The van der Waals surface area contributed by atoms with Gasteiger partial charge in [-0.1, -0.05) is 30.3 Å². The number of thiol groups is 1. The summed E-state index contributed by atoms with van der Waals surface area (Å²) in [7, 11) is 3.66. The molecule has 0 saturated heterocycles. The normalized spacial score (nSPS) is 10.2. The van der Waals surface area contributed by atoms with E-state index in [1.165, 1.54) is 6.20 Å². The Hall–Kier alpha value is -2.08. The number of benzene rings is 1. The van der Waals surface area contributed by atoms with Gasteiger partial charge < -0.3 is 10.2 Å². The molecule has 2 aromatic rings. The largest absolute Gasteiger partial charge is 0.348 e. The summed E-state index contributed by atoms with van der Waals surface area (Å²) >= 11 is 4.24. The first-order chi connectivity index (χ1) is 9.58. The van der Waals surface area contributed by atoms with E-state index < -0.39 is 0 Å². The average Bonchev–Trinajstić information content (AvgIpc) is 2.45. The van der Waals surface area contributed by atoms with Gasteiger partial charge in [-0.05, 0) is 5.56 Å². The third kappa shape index (κ3) is 3.48. The van der Waals surface area contributed by atoms with Crippen LogP contribution in [0.2, 0.25) is 0 Å². The molecule has 0 aliphatic carbocycles. The number of carbonyl (C=O) groups excluding carboxylic acids is 1. The molecular formula is C14H16N4OS. The molecule has 1 aromatic carbocycles. The van der Waals surface area contributed by atoms with Gasteiger partial charge in [-0.3, -0.25) is 4.79 Å². The Balaban J connectivity index is 2.06. The van der Waals surface area contributed by atoms with E-state index in [1.807, 2.05) is 44.4 Å². The van der Waals surface area contributed by atoms with Crippen molar-refractivity contribution in [1.82, 2.24) is 15.3 Å². The van der Waals surface area contributed by atoms with E-state index in [4.69, 9.17) is 0 Å². The van der Waals surface area contributed by atoms with Crippen molar-refractivity contribution in [3.63, 3.8) is 0 Å². The summed E-state index contributed by atoms with van der Waals surface area (Å²) in [6.07, 6.45) is 1.49. The number of amides is 1. The minimum absolute atomic E-state index is 0.232. The Labute approximate surface area is 123 Å². The first-order valence-corrected chi connectivity index (χ1v) is 6.58. The van der Waals surface area contributed by atoms with Gasteiger partial charge in [-0.25, -0.2) is 9.97 Å². The minimum Gasteiger partial charge on any atom is -0.348 e. The lowest BCUT2D eigenvalue weighted by molar-refractivity contribution is 0.0947. The fraction of sp³-hybridized carbons (Fsp3) is 0.214. The maximum absolute atomic E-state index is 12.1. The number of hydrogen-bond acceptors (Lipinski definition) is 5. The zero-order valence-electron chi connectivity index (χ0n) is 11.4. The van der Waals surface area contributed by atoms with Crippen LogP contribution in [0.5, 0.6) is 0 Å². The standard InChI is InChI=1S/C14H16N4OS/c1-18(2)14-16-9-11(13(20)17-14)12(19)15-8-10-6-4-3-5-7-10/h3-7,9H,8H2,1-2H3,(H,15,19)(H,16,17,20). The highest BCUT2D eigenvalue weighted by atomic mass is 32.1. The molecule has 0 saturated carbocycles. The van der Waals surface area contributed by atoms with Crippen molar-refractivity contribution in [2.75, 3.05) is 19.0 Å². The van der Waals surface area contributed by atoms with Crippen molar-refractivity contribution in [1.29, 1.82) is 0 Å². The zero-order valence-corrected chi connectivity index (χ0v) is 12.3. The van der Waals surface area contributed by atoms with Gasteiger partial charge in [0.1, 0.15) is 5.03 Å². The van der Waals surface area contributed by atoms with E-state index in [1.54, 1.807) is 4.90 Å². The molecule has 0 spiro atoms. The van der Waals surface area contributed by atoms with Gasteiger partial charge in [0.2, 0.25) is 5.95 Å². The number of nitrogens with one attached hydrogen (secondary N) is 1. The summed E-state index contributed by atoms with van der Waals surface area (Å²) in [6.45, 7) is 0.461. The first-order valence-electron chi connectivity index (χ1n) is 6.13. The highest BCUT2D eigenvalue weighted by Gasteiger charge is 2.12. The molecule has 1 amide bonds. The van der Waals surface area contributed by atoms with Crippen LogP contribution in [0.25, 0.3) is 0 Å². The van der Waals surface area contributed by atoms with E-state index in [0.29, 0.717) is 23.1 Å². The predicted molar refractivity (Wildman–Crippen MR) is 81.2 cm³/mol. The van der Waals surface area contributed by atoms with Crippen molar-refractivity contribution < 1.29 is 4.79 Å². The molecule has 2 rings (SSSR count). The fourth-order valence-corrected chi connectivity index (χ4v) is 1.86. The van der Waals surface area contributed by atoms with Crippen molar-refractivity contribution in [2.24, 2.45) is 0 Å². The van der Waals surface area contributed by atoms with Gasteiger partial charge in [0.15, 0.2) is 0 Å². The Kier molecular flexibility index (Phi) is 4.57. The van der Waals surface area contributed by atoms with Gasteiger partial charge in [0.05, 0.1) is 5.56 Å². The maximum atomic E-state index is 12.1. The number of carbonyl (C=O) groups is 1. The summed E-state index contributed by atoms with van der Waals surface area (Å²) in [6, 6.07) is 9.70. The molecule has 0 aliphatic rings. The Morgan fingerprint density at radius 2 is 2.00 bits per heavy atom. The summed E-state index contributed by atoms with van der Waals surface area (Å²) in [5.74, 6) is 0.291. The van der Waals surface area contributed by atoms with Crippen LogP contribution in [0.3, 0.4) is 0 Å². The van der Waals surface area contributed by atoms with E-state index in [9.17, 15) is 4.79 Å². The number of aromatic nitrogens is 2. The van der Waals surface area contributed by atoms with Crippen LogP contribution in [0.15, 0.2) is 41.6 Å². The number of anilines is 1. The molecule has 0 radical (unpaired) electrons. The molecule has 0 bridgehead atoms. The monoisotopic (exact) mass is 288 g/mol. The van der Waals surface area contributed by atoms with Crippen LogP contribution >= 0.6 is 12.6 Å². The SMILES string of the molecule is CN(C)c1ncc(C(=O)NCc2ccccc2)c(S)n1. The third-order valence-electron chi connectivity index (χ3n) is 2.70. The van der Waals surface area contributed by atoms with Crippen LogP contribution in [-0.2, 0) is 6.54 Å². The molecule has 5 nitrogen and oxygen atoms in total. The lowest BCUT2D eigenvalue weighted by atomic mass is 10.2. The zero-order chi connectivity index (χ0) is 14.5. The van der Waals surface area contributed by atoms with E-state index >= 15 is 0 Å². The number of nitrogens with zero attached hydrogens (tertiary/aromatic N) is 3. The van der Waals surface area contributed by atoms with E-state index in [0.717, 1.165) is 5.56 Å². The molecule has 0 unspecified atom stereocenters. The Morgan fingerprint density at radius 3 is 2.60 bits per heavy atom. The second-order valence-electron chi connectivity index (χ2n) is 4.47. The van der Waals surface area contributed by atoms with Crippen LogP contribution in [0.4, 0.5) is 5.95 Å². The van der Waals surface area contributed by atoms with Gasteiger partial charge in [-0.15, -0.1) is 12.6 Å². The smallest absolute Gasteiger partial charge is 0.255 e. The molecule has 0 fully saturated rings. The van der Waals surface area contributed by atoms with Gasteiger partial charge in [0, 0.05) is 26.8 Å². The summed E-state index contributed by atoms with van der Waals surface area (Å²) in [5.41, 5.74) is 1.40. The summed E-state index contributed by atoms with van der Waals surface area (Å²) in [4.78, 5) is 22.1. The second-order valence-corrected chi connectivity index (χ2v) is 4.89. The molecule has 1 aromatic heterocycles. The molecule has 20 heavy (non-hydrogen) atoms. The summed E-state index contributed by atoms with van der Waals surface area (Å²) in [5, 5.41) is 3.19. The molecule has 1 heterocycles. The first kappa shape index (κ1) is 14.3. The molecule has 6 heteroatoms. The Morgan fingerprint density at radius 1 is 1.30 bits per heavy atom. The lowest BCUT2D eigenvalue weighted by Crippen LogP contribution is -2.24. The van der Waals surface area contributed by atoms with E-state index in [-0.39, 0.29) is 5.91 Å². The van der Waals surface area contributed by atoms with Crippen LogP contribution in [-0.4, -0.2) is 30.0 Å². The molecule has 0 aliphatic heterocycles. The predicted octanol–water partition coefficient (Wildman–Crippen LogP) is 1.76. The van der Waals surface area contributed by atoms with Gasteiger partial charge in [0.25, 0.3) is 5.91 Å². The number of rotatable bonds is 4. The average molecular weight is 288 g/mol.